The highest BCUT2D eigenvalue weighted by Crippen LogP contribution is 2.64. The summed E-state index contributed by atoms with van der Waals surface area (Å²) in [6.07, 6.45) is 46.8. The fourth-order valence-electron chi connectivity index (χ4n) is 13.8. The summed E-state index contributed by atoms with van der Waals surface area (Å²) in [6.45, 7) is 0. The van der Waals surface area contributed by atoms with E-state index < -0.39 is 0 Å². The Hall–Kier alpha value is -5.41. The molecule has 0 amide bonds. The Balaban J connectivity index is 0.771. The maximum atomic E-state index is 6.55. The predicted molar refractivity (Wildman–Crippen MR) is 250 cm³/mol. The van der Waals surface area contributed by atoms with E-state index in [2.05, 4.69) is 139 Å². The molecule has 3 aromatic carbocycles. The van der Waals surface area contributed by atoms with E-state index in [9.17, 15) is 0 Å². The lowest BCUT2D eigenvalue weighted by Crippen LogP contribution is -2.36. The zero-order valence-corrected chi connectivity index (χ0v) is 35.3. The molecule has 1 aromatic heterocycles. The summed E-state index contributed by atoms with van der Waals surface area (Å²) in [5, 5.41) is 4.95. The molecule has 4 aromatic rings. The van der Waals surface area contributed by atoms with E-state index in [0.717, 1.165) is 53.9 Å². The van der Waals surface area contributed by atoms with Crippen LogP contribution in [0.3, 0.4) is 0 Å². The van der Waals surface area contributed by atoms with Crippen LogP contribution in [0.1, 0.15) is 130 Å². The third-order valence-corrected chi connectivity index (χ3v) is 16.8. The SMILES string of the molecule is C1=CCCC(C2=Nc3c(oc4ccccc34)C(C3C=CC(C4=CCC(C5=CC6c7cc8c(cc7C7(CCCCC7)C6C=C5)-c5ccccc5C85CCCCC5)C=C4)=CC3)N2)=C1. The number of fused-ring (bicyclic) bond motifs is 13. The van der Waals surface area contributed by atoms with Crippen LogP contribution in [0.4, 0.5) is 5.69 Å². The Morgan fingerprint density at radius 2 is 1.52 bits per heavy atom. The van der Waals surface area contributed by atoms with Crippen molar-refractivity contribution in [3.05, 3.63) is 184 Å². The fraction of sp³-hybridized carbons (Fsp3) is 0.362. The monoisotopic (exact) mass is 796 g/mol. The van der Waals surface area contributed by atoms with Gasteiger partial charge in [-0.05, 0) is 131 Å². The molecule has 0 saturated heterocycles. The van der Waals surface area contributed by atoms with E-state index in [0.29, 0.717) is 17.8 Å². The smallest absolute Gasteiger partial charge is 0.153 e. The molecule has 1 aliphatic heterocycles. The maximum absolute atomic E-state index is 6.55. The van der Waals surface area contributed by atoms with Gasteiger partial charge in [-0.25, -0.2) is 4.99 Å². The lowest BCUT2D eigenvalue weighted by atomic mass is 9.62. The van der Waals surface area contributed by atoms with E-state index in [-0.39, 0.29) is 22.8 Å². The topological polar surface area (TPSA) is 37.5 Å². The summed E-state index contributed by atoms with van der Waals surface area (Å²) in [7, 11) is 0. The van der Waals surface area contributed by atoms with Crippen LogP contribution in [-0.2, 0) is 10.8 Å². The highest BCUT2D eigenvalue weighted by atomic mass is 16.3. The average molecular weight is 797 g/mol. The van der Waals surface area contributed by atoms with Gasteiger partial charge in [0.05, 0.1) is 6.04 Å². The molecule has 13 rings (SSSR count). The van der Waals surface area contributed by atoms with Crippen molar-refractivity contribution >= 4 is 22.5 Å². The van der Waals surface area contributed by atoms with Crippen LogP contribution >= 0.6 is 0 Å². The number of furan rings is 1. The van der Waals surface area contributed by atoms with Crippen molar-refractivity contribution in [1.82, 2.24) is 5.32 Å². The standard InChI is InChI=1S/C58H56N2O/c1-4-14-41(15-5-1)56-59-53(55-54(60-56)44-17-7-9-19-52(44)61-55)40-26-24-38(25-27-40)37-20-22-39(23-21-37)42-28-29-49-45(34-42)47-36-50-46(35-51(47)58(49)32-12-3-13-33-58)43-16-6-8-18-48(43)57(50)30-10-2-11-31-57/h1,4,6-9,14,16-22,24-26,28-29,34-36,39-40,45,49,53H,2-3,5,10-13,15,23,27,30-33H2,(H,59,60). The Morgan fingerprint density at radius 3 is 2.33 bits per heavy atom. The quantitative estimate of drug-likeness (QED) is 0.223. The molecule has 0 radical (unpaired) electrons. The second-order valence-electron chi connectivity index (χ2n) is 19.8. The van der Waals surface area contributed by atoms with Crippen molar-refractivity contribution in [2.45, 2.75) is 113 Å². The van der Waals surface area contributed by atoms with Crippen molar-refractivity contribution in [1.29, 1.82) is 0 Å². The van der Waals surface area contributed by atoms with Gasteiger partial charge in [0.15, 0.2) is 5.76 Å². The summed E-state index contributed by atoms with van der Waals surface area (Å²) in [6, 6.07) is 23.4. The number of aliphatic imine (C=N–C) groups is 1. The zero-order valence-electron chi connectivity index (χ0n) is 35.3. The van der Waals surface area contributed by atoms with Crippen LogP contribution in [0.5, 0.6) is 0 Å². The van der Waals surface area contributed by atoms with Gasteiger partial charge in [-0.3, -0.25) is 0 Å². The van der Waals surface area contributed by atoms with E-state index in [1.807, 2.05) is 0 Å². The minimum absolute atomic E-state index is 0.0305. The molecule has 2 spiro atoms. The van der Waals surface area contributed by atoms with Gasteiger partial charge in [-0.2, -0.15) is 0 Å². The first kappa shape index (κ1) is 36.3. The lowest BCUT2D eigenvalue weighted by molar-refractivity contribution is 0.233. The molecule has 2 fully saturated rings. The van der Waals surface area contributed by atoms with Gasteiger partial charge < -0.3 is 9.73 Å². The van der Waals surface area contributed by atoms with Crippen LogP contribution < -0.4 is 5.32 Å². The van der Waals surface area contributed by atoms with Crippen molar-refractivity contribution in [2.24, 2.45) is 22.7 Å². The van der Waals surface area contributed by atoms with Gasteiger partial charge in [-0.1, -0.05) is 154 Å². The zero-order chi connectivity index (χ0) is 40.1. The number of hydrogen-bond donors (Lipinski definition) is 1. The number of amidine groups is 1. The summed E-state index contributed by atoms with van der Waals surface area (Å²) in [5.41, 5.74) is 17.6. The van der Waals surface area contributed by atoms with Gasteiger partial charge in [0.1, 0.15) is 17.1 Å². The largest absolute Gasteiger partial charge is 0.456 e. The van der Waals surface area contributed by atoms with Gasteiger partial charge in [0, 0.05) is 34.0 Å². The summed E-state index contributed by atoms with van der Waals surface area (Å²) >= 11 is 0. The van der Waals surface area contributed by atoms with Gasteiger partial charge in [0.25, 0.3) is 0 Å². The predicted octanol–water partition coefficient (Wildman–Crippen LogP) is 14.7. The third-order valence-electron chi connectivity index (χ3n) is 16.8. The Bertz CT molecular complexity index is 2780. The van der Waals surface area contributed by atoms with E-state index in [1.165, 1.54) is 92.1 Å². The lowest BCUT2D eigenvalue weighted by Gasteiger charge is -2.41. The third kappa shape index (κ3) is 5.51. The number of benzene rings is 3. The molecule has 304 valence electrons. The highest BCUT2D eigenvalue weighted by Gasteiger charge is 2.53. The number of rotatable bonds is 4. The normalized spacial score (nSPS) is 28.5. The second-order valence-corrected chi connectivity index (χ2v) is 19.8. The molecular weight excluding hydrogens is 741 g/mol. The molecule has 5 unspecified atom stereocenters. The van der Waals surface area contributed by atoms with Gasteiger partial charge in [0.2, 0.25) is 0 Å². The molecule has 0 bridgehead atoms. The summed E-state index contributed by atoms with van der Waals surface area (Å²) < 4.78 is 6.55. The number of nitrogens with one attached hydrogen (secondary N) is 1. The first-order valence-corrected chi connectivity index (χ1v) is 23.9. The van der Waals surface area contributed by atoms with Crippen LogP contribution in [0, 0.1) is 17.8 Å². The molecule has 61 heavy (non-hydrogen) atoms. The van der Waals surface area contributed by atoms with E-state index >= 15 is 0 Å². The Morgan fingerprint density at radius 1 is 0.721 bits per heavy atom. The minimum atomic E-state index is 0.0305. The minimum Gasteiger partial charge on any atom is -0.456 e. The molecule has 3 nitrogen and oxygen atoms in total. The number of allylic oxidation sites excluding steroid dienone is 14. The van der Waals surface area contributed by atoms with Crippen LogP contribution in [-0.4, -0.2) is 5.84 Å². The van der Waals surface area contributed by atoms with Crippen molar-refractivity contribution < 1.29 is 4.42 Å². The van der Waals surface area contributed by atoms with E-state index in [4.69, 9.17) is 9.41 Å². The number of para-hydroxylation sites is 1. The first-order valence-electron chi connectivity index (χ1n) is 23.9. The number of nitrogens with zero attached hydrogens (tertiary/aromatic N) is 1. The Kier molecular flexibility index (Phi) is 8.36. The van der Waals surface area contributed by atoms with Crippen molar-refractivity contribution in [3.63, 3.8) is 0 Å². The molecule has 1 N–H and O–H groups in total. The molecule has 3 heteroatoms. The molecule has 2 saturated carbocycles. The van der Waals surface area contributed by atoms with E-state index in [1.54, 1.807) is 27.8 Å². The summed E-state index contributed by atoms with van der Waals surface area (Å²) in [5.74, 6) is 3.68. The molecule has 2 heterocycles. The van der Waals surface area contributed by atoms with Gasteiger partial charge in [-0.15, -0.1) is 0 Å². The number of hydrogen-bond acceptors (Lipinski definition) is 3. The maximum Gasteiger partial charge on any atom is 0.153 e. The highest BCUT2D eigenvalue weighted by molar-refractivity contribution is 6.05. The van der Waals surface area contributed by atoms with Crippen LogP contribution in [0.2, 0.25) is 0 Å². The van der Waals surface area contributed by atoms with Crippen molar-refractivity contribution in [3.8, 4) is 11.1 Å². The molecular formula is C58H56N2O. The molecule has 8 aliphatic carbocycles. The summed E-state index contributed by atoms with van der Waals surface area (Å²) in [4.78, 5) is 5.17. The molecule has 5 atom stereocenters. The fourth-order valence-corrected chi connectivity index (χ4v) is 13.8. The second kappa shape index (κ2) is 14.1. The first-order chi connectivity index (χ1) is 30.2. The molecule has 9 aliphatic rings. The Labute approximate surface area is 361 Å². The van der Waals surface area contributed by atoms with Gasteiger partial charge >= 0.3 is 0 Å². The van der Waals surface area contributed by atoms with Crippen LogP contribution in [0.25, 0.3) is 22.1 Å². The van der Waals surface area contributed by atoms with Crippen molar-refractivity contribution in [2.75, 3.05) is 0 Å². The average Bonchev–Trinajstić information content (AvgIpc) is 3.93. The van der Waals surface area contributed by atoms with Crippen LogP contribution in [0.15, 0.2) is 165 Å².